The number of hydrogen-bond acceptors (Lipinski definition) is 3. The molecule has 0 aliphatic rings. The van der Waals surface area contributed by atoms with E-state index < -0.39 is 16.5 Å². The second-order valence-corrected chi connectivity index (χ2v) is 10.9. The molecular weight excluding hydrogens is 459 g/mol. The van der Waals surface area contributed by atoms with Crippen molar-refractivity contribution in [2.75, 3.05) is 6.61 Å². The largest absolute Gasteiger partial charge is 0.493 e. The Balaban J connectivity index is 1.68. The molecule has 2 unspecified atom stereocenters. The zero-order valence-electron chi connectivity index (χ0n) is 20.6. The summed E-state index contributed by atoms with van der Waals surface area (Å²) in [6.07, 6.45) is 4.62. The van der Waals surface area contributed by atoms with Gasteiger partial charge < -0.3 is 9.15 Å². The smallest absolute Gasteiger partial charge is 0.393 e. The average molecular weight is 492 g/mol. The van der Waals surface area contributed by atoms with Gasteiger partial charge >= 0.3 is 5.63 Å². The van der Waals surface area contributed by atoms with Crippen LogP contribution in [-0.4, -0.2) is 6.61 Å². The molecule has 0 fully saturated rings. The second kappa shape index (κ2) is 11.6. The maximum Gasteiger partial charge on any atom is 0.393 e. The van der Waals surface area contributed by atoms with Crippen molar-refractivity contribution in [1.29, 1.82) is 0 Å². The van der Waals surface area contributed by atoms with Crippen molar-refractivity contribution in [2.24, 2.45) is 5.92 Å². The third-order valence-corrected chi connectivity index (χ3v) is 8.44. The molecular formula is C30H32FO3S+. The average Bonchev–Trinajstić information content (AvgIpc) is 2.87. The molecule has 0 saturated carbocycles. The van der Waals surface area contributed by atoms with Crippen LogP contribution >= 0.6 is 0 Å². The molecule has 5 heteroatoms. The highest BCUT2D eigenvalue weighted by Crippen LogP contribution is 2.32. The van der Waals surface area contributed by atoms with Gasteiger partial charge in [-0.2, -0.15) is 0 Å². The number of hydrogen-bond donors (Lipinski definition) is 0. The molecule has 0 saturated heterocycles. The molecule has 0 aliphatic carbocycles. The Hall–Kier alpha value is -3.05. The van der Waals surface area contributed by atoms with Crippen molar-refractivity contribution in [3.05, 3.63) is 94.6 Å². The summed E-state index contributed by atoms with van der Waals surface area (Å²) in [4.78, 5) is 15.6. The topological polar surface area (TPSA) is 39.4 Å². The normalized spacial score (nSPS) is 13.0. The van der Waals surface area contributed by atoms with E-state index in [2.05, 4.69) is 13.8 Å². The van der Waals surface area contributed by atoms with Crippen LogP contribution in [0.5, 0.6) is 5.75 Å². The minimum atomic E-state index is -0.723. The number of rotatable bonds is 10. The quantitative estimate of drug-likeness (QED) is 0.167. The van der Waals surface area contributed by atoms with Gasteiger partial charge in [-0.15, -0.1) is 0 Å². The monoisotopic (exact) mass is 491 g/mol. The first-order chi connectivity index (χ1) is 17.0. The van der Waals surface area contributed by atoms with Crippen molar-refractivity contribution in [1.82, 2.24) is 0 Å². The van der Waals surface area contributed by atoms with Crippen LogP contribution in [0.2, 0.25) is 0 Å². The van der Waals surface area contributed by atoms with Crippen molar-refractivity contribution in [2.45, 2.75) is 61.1 Å². The Kier molecular flexibility index (Phi) is 8.29. The highest BCUT2D eigenvalue weighted by Gasteiger charge is 2.33. The standard InChI is InChI=1S/C30H32FO3S/c1-4-6-7-22(5-2)20-33-25-13-10-23-18-29(30(32)34-28(23)19-25)35(26-14-8-21(3)9-15-26)27-16-11-24(31)12-17-27/h8-19,22H,4-7,20H2,1-3H3/q+1. The first-order valence-corrected chi connectivity index (χ1v) is 13.5. The highest BCUT2D eigenvalue weighted by molar-refractivity contribution is 7.97. The summed E-state index contributed by atoms with van der Waals surface area (Å²) in [5, 5.41) is 0.830. The number of unbranched alkanes of at least 4 members (excludes halogenated alkanes) is 1. The van der Waals surface area contributed by atoms with E-state index in [1.165, 1.54) is 25.0 Å². The first-order valence-electron chi connectivity index (χ1n) is 12.3. The van der Waals surface area contributed by atoms with Gasteiger partial charge in [-0.05, 0) is 67.8 Å². The minimum absolute atomic E-state index is 0.306. The molecule has 182 valence electrons. The molecule has 4 aromatic rings. The molecule has 35 heavy (non-hydrogen) atoms. The van der Waals surface area contributed by atoms with Gasteiger partial charge in [-0.3, -0.25) is 0 Å². The number of ether oxygens (including phenoxy) is 1. The van der Waals surface area contributed by atoms with Gasteiger partial charge in [0, 0.05) is 17.5 Å². The fraction of sp³-hybridized carbons (Fsp3) is 0.300. The van der Waals surface area contributed by atoms with E-state index in [0.717, 1.165) is 33.6 Å². The van der Waals surface area contributed by atoms with Crippen molar-refractivity contribution >= 4 is 21.9 Å². The fourth-order valence-corrected chi connectivity index (χ4v) is 6.10. The van der Waals surface area contributed by atoms with E-state index in [1.807, 2.05) is 49.4 Å². The lowest BCUT2D eigenvalue weighted by molar-refractivity contribution is 0.233. The van der Waals surface area contributed by atoms with E-state index in [-0.39, 0.29) is 5.82 Å². The van der Waals surface area contributed by atoms with Crippen LogP contribution in [0.1, 0.15) is 45.1 Å². The van der Waals surface area contributed by atoms with E-state index in [4.69, 9.17) is 9.15 Å². The van der Waals surface area contributed by atoms with Crippen LogP contribution in [0.25, 0.3) is 11.0 Å². The Bertz CT molecular complexity index is 1270. The summed E-state index contributed by atoms with van der Waals surface area (Å²) >= 11 is 0. The van der Waals surface area contributed by atoms with Crippen molar-refractivity contribution in [3.63, 3.8) is 0 Å². The van der Waals surface area contributed by atoms with E-state index in [1.54, 1.807) is 18.2 Å². The lowest BCUT2D eigenvalue weighted by Gasteiger charge is -2.15. The molecule has 0 radical (unpaired) electrons. The zero-order valence-corrected chi connectivity index (χ0v) is 21.4. The molecule has 0 amide bonds. The second-order valence-electron chi connectivity index (χ2n) is 8.90. The maximum absolute atomic E-state index is 13.6. The Morgan fingerprint density at radius 3 is 2.29 bits per heavy atom. The molecule has 2 atom stereocenters. The van der Waals surface area contributed by atoms with Crippen LogP contribution < -0.4 is 10.4 Å². The molecule has 1 heterocycles. The first kappa shape index (κ1) is 25.1. The molecule has 1 aromatic heterocycles. The predicted octanol–water partition coefficient (Wildman–Crippen LogP) is 7.93. The van der Waals surface area contributed by atoms with Gasteiger partial charge in [-0.25, -0.2) is 9.18 Å². The third-order valence-electron chi connectivity index (χ3n) is 6.23. The van der Waals surface area contributed by atoms with Crippen LogP contribution in [0, 0.1) is 18.7 Å². The van der Waals surface area contributed by atoms with Crippen LogP contribution in [0.4, 0.5) is 4.39 Å². The zero-order chi connectivity index (χ0) is 24.8. The van der Waals surface area contributed by atoms with Crippen molar-refractivity contribution in [3.8, 4) is 5.75 Å². The van der Waals surface area contributed by atoms with Crippen LogP contribution in [-0.2, 0) is 10.9 Å². The number of benzene rings is 3. The van der Waals surface area contributed by atoms with Gasteiger partial charge in [0.25, 0.3) is 4.90 Å². The molecule has 0 bridgehead atoms. The fourth-order valence-electron chi connectivity index (χ4n) is 4.05. The lowest BCUT2D eigenvalue weighted by atomic mass is 10.0. The van der Waals surface area contributed by atoms with E-state index in [9.17, 15) is 9.18 Å². The third kappa shape index (κ3) is 6.15. The van der Waals surface area contributed by atoms with Gasteiger partial charge in [0.15, 0.2) is 9.79 Å². The Labute approximate surface area is 209 Å². The summed E-state index contributed by atoms with van der Waals surface area (Å²) in [6, 6.07) is 22.0. The summed E-state index contributed by atoms with van der Waals surface area (Å²) in [5.41, 5.74) is 1.25. The predicted molar refractivity (Wildman–Crippen MR) is 141 cm³/mol. The van der Waals surface area contributed by atoms with Gasteiger partial charge in [0.2, 0.25) is 0 Å². The van der Waals surface area contributed by atoms with Gasteiger partial charge in [0.1, 0.15) is 28.0 Å². The molecule has 3 aromatic carbocycles. The van der Waals surface area contributed by atoms with E-state index in [0.29, 0.717) is 28.8 Å². The highest BCUT2D eigenvalue weighted by atomic mass is 32.2. The summed E-state index contributed by atoms with van der Waals surface area (Å²) < 4.78 is 25.5. The summed E-state index contributed by atoms with van der Waals surface area (Å²) in [5.74, 6) is 0.922. The van der Waals surface area contributed by atoms with Gasteiger partial charge in [0.05, 0.1) is 6.61 Å². The molecule has 0 aliphatic heterocycles. The van der Waals surface area contributed by atoms with Gasteiger partial charge in [-0.1, -0.05) is 50.8 Å². The van der Waals surface area contributed by atoms with E-state index >= 15 is 0 Å². The lowest BCUT2D eigenvalue weighted by Crippen LogP contribution is -2.15. The minimum Gasteiger partial charge on any atom is -0.493 e. The molecule has 0 N–H and O–H groups in total. The summed E-state index contributed by atoms with van der Waals surface area (Å²) in [7, 11) is -0.723. The Morgan fingerprint density at radius 1 is 0.943 bits per heavy atom. The van der Waals surface area contributed by atoms with Crippen molar-refractivity contribution < 1.29 is 13.5 Å². The SMILES string of the molecule is CCCCC(CC)COc1ccc2cc([S+](c3ccc(C)cc3)c3ccc(F)cc3)c(=O)oc2c1. The van der Waals surface area contributed by atoms with Crippen LogP contribution in [0.3, 0.4) is 0 Å². The van der Waals surface area contributed by atoms with Crippen LogP contribution in [0.15, 0.2) is 96.7 Å². The maximum atomic E-state index is 13.6. The molecule has 3 nitrogen and oxygen atoms in total. The molecule has 0 spiro atoms. The number of aryl methyl sites for hydroxylation is 1. The summed E-state index contributed by atoms with van der Waals surface area (Å²) in [6.45, 7) is 7.08. The number of fused-ring (bicyclic) bond motifs is 1. The Morgan fingerprint density at radius 2 is 1.63 bits per heavy atom. The number of halogens is 1. The molecule has 4 rings (SSSR count).